The minimum absolute atomic E-state index is 0.0328. The summed E-state index contributed by atoms with van der Waals surface area (Å²) >= 11 is 0. The fourth-order valence-electron chi connectivity index (χ4n) is 2.84. The number of nitrogens with zero attached hydrogens (tertiary/aromatic N) is 2. The molecular formula is C17H15F4N3O2. The van der Waals surface area contributed by atoms with Gasteiger partial charge in [-0.05, 0) is 29.8 Å². The van der Waals surface area contributed by atoms with E-state index in [0.717, 1.165) is 4.90 Å². The van der Waals surface area contributed by atoms with Gasteiger partial charge in [0.2, 0.25) is 5.91 Å². The summed E-state index contributed by atoms with van der Waals surface area (Å²) in [6, 6.07) is 2.61. The molecule has 9 heteroatoms. The van der Waals surface area contributed by atoms with E-state index in [1.807, 2.05) is 0 Å². The third-order valence-electron chi connectivity index (χ3n) is 4.38. The Kier molecular flexibility index (Phi) is 4.50. The fraction of sp³-hybridized carbons (Fsp3) is 0.353. The molecular weight excluding hydrogens is 354 g/mol. The smallest absolute Gasteiger partial charge is 0.337 e. The summed E-state index contributed by atoms with van der Waals surface area (Å²) in [5.41, 5.74) is 2.31. The minimum Gasteiger partial charge on any atom is -0.337 e. The number of likely N-dealkylation sites (N-methyl/N-ethyl adjacent to an activating group) is 1. The molecule has 0 fully saturated rings. The highest BCUT2D eigenvalue weighted by Crippen LogP contribution is 2.32. The number of nitrogens with one attached hydrogen (secondary N) is 1. The van der Waals surface area contributed by atoms with Crippen molar-refractivity contribution < 1.29 is 27.2 Å². The van der Waals surface area contributed by atoms with Gasteiger partial charge in [0.15, 0.2) is 0 Å². The Balaban J connectivity index is 1.63. The molecule has 0 saturated heterocycles. The predicted octanol–water partition coefficient (Wildman–Crippen LogP) is 3.05. The molecule has 1 aromatic carbocycles. The number of halogens is 4. The molecule has 1 aliphatic carbocycles. The molecule has 2 aliphatic rings. The van der Waals surface area contributed by atoms with Gasteiger partial charge in [0.25, 0.3) is 0 Å². The van der Waals surface area contributed by atoms with Crippen LogP contribution < -0.4 is 5.32 Å². The Hall–Kier alpha value is -2.80. The zero-order valence-electron chi connectivity index (χ0n) is 13.7. The molecule has 1 aromatic rings. The molecule has 0 saturated carbocycles. The lowest BCUT2D eigenvalue weighted by Gasteiger charge is -2.31. The standard InChI is InChI=1S/C17H15F4N3O2/c1-23(13-4-2-11(7-13)17(19,20)21)15(25)9-24-8-10-6-12(18)3-5-14(10)22-16(24)26/h3-6,13H,7-9H2,1H3,(H,22,26). The number of benzene rings is 1. The van der Waals surface area contributed by atoms with Crippen molar-refractivity contribution in [1.29, 1.82) is 0 Å². The van der Waals surface area contributed by atoms with E-state index < -0.39 is 35.5 Å². The largest absolute Gasteiger partial charge is 0.419 e. The topological polar surface area (TPSA) is 52.7 Å². The molecule has 26 heavy (non-hydrogen) atoms. The van der Waals surface area contributed by atoms with Crippen molar-refractivity contribution in [2.75, 3.05) is 18.9 Å². The van der Waals surface area contributed by atoms with Crippen LogP contribution in [0.1, 0.15) is 12.0 Å². The van der Waals surface area contributed by atoms with E-state index in [1.165, 1.54) is 36.2 Å². The zero-order valence-corrected chi connectivity index (χ0v) is 13.7. The number of fused-ring (bicyclic) bond motifs is 1. The highest BCUT2D eigenvalue weighted by atomic mass is 19.4. The highest BCUT2D eigenvalue weighted by Gasteiger charge is 2.38. The first-order valence-electron chi connectivity index (χ1n) is 7.78. The number of alkyl halides is 3. The van der Waals surface area contributed by atoms with E-state index in [2.05, 4.69) is 11.0 Å². The maximum atomic E-state index is 13.3. The van der Waals surface area contributed by atoms with Gasteiger partial charge in [-0.15, -0.1) is 5.73 Å². The lowest BCUT2D eigenvalue weighted by Crippen LogP contribution is -2.47. The molecule has 1 aliphatic heterocycles. The molecule has 1 unspecified atom stereocenters. The number of rotatable bonds is 3. The van der Waals surface area contributed by atoms with Gasteiger partial charge < -0.3 is 15.1 Å². The summed E-state index contributed by atoms with van der Waals surface area (Å²) in [5.74, 6) is -0.989. The molecule has 5 nitrogen and oxygen atoms in total. The average molecular weight is 369 g/mol. The SMILES string of the molecule is CN(C(=O)CN1Cc2cc(F)ccc2NC1=O)C1C=C=C(C(F)(F)F)C1. The van der Waals surface area contributed by atoms with Gasteiger partial charge in [-0.2, -0.15) is 13.2 Å². The Morgan fingerprint density at radius 1 is 1.42 bits per heavy atom. The second-order valence-electron chi connectivity index (χ2n) is 6.15. The minimum atomic E-state index is -4.48. The van der Waals surface area contributed by atoms with Gasteiger partial charge in [0.1, 0.15) is 12.4 Å². The van der Waals surface area contributed by atoms with Crippen molar-refractivity contribution in [1.82, 2.24) is 9.80 Å². The maximum absolute atomic E-state index is 13.3. The summed E-state index contributed by atoms with van der Waals surface area (Å²) in [6.07, 6.45) is -3.65. The third-order valence-corrected chi connectivity index (χ3v) is 4.38. The van der Waals surface area contributed by atoms with Gasteiger partial charge in [0, 0.05) is 19.2 Å². The highest BCUT2D eigenvalue weighted by molar-refractivity contribution is 5.94. The van der Waals surface area contributed by atoms with Crippen LogP contribution in [0.3, 0.4) is 0 Å². The molecule has 1 heterocycles. The van der Waals surface area contributed by atoms with Gasteiger partial charge in [0.05, 0.1) is 18.2 Å². The van der Waals surface area contributed by atoms with Crippen LogP contribution in [0.25, 0.3) is 0 Å². The lowest BCUT2D eigenvalue weighted by molar-refractivity contribution is -0.132. The molecule has 1 atom stereocenters. The van der Waals surface area contributed by atoms with E-state index >= 15 is 0 Å². The Labute approximate surface area is 146 Å². The van der Waals surface area contributed by atoms with Crippen molar-refractivity contribution in [3.8, 4) is 0 Å². The summed E-state index contributed by atoms with van der Waals surface area (Å²) in [6.45, 7) is -0.297. The van der Waals surface area contributed by atoms with E-state index in [9.17, 15) is 27.2 Å². The molecule has 138 valence electrons. The van der Waals surface area contributed by atoms with E-state index in [-0.39, 0.29) is 19.5 Å². The van der Waals surface area contributed by atoms with Crippen LogP contribution >= 0.6 is 0 Å². The maximum Gasteiger partial charge on any atom is 0.419 e. The second-order valence-corrected chi connectivity index (χ2v) is 6.15. The Bertz CT molecular complexity index is 828. The summed E-state index contributed by atoms with van der Waals surface area (Å²) in [4.78, 5) is 26.8. The molecule has 0 spiro atoms. The van der Waals surface area contributed by atoms with Crippen molar-refractivity contribution in [3.05, 3.63) is 47.0 Å². The average Bonchev–Trinajstić information content (AvgIpc) is 3.05. The summed E-state index contributed by atoms with van der Waals surface area (Å²) in [7, 11) is 1.37. The normalized spacial score (nSPS) is 19.1. The molecule has 0 bridgehead atoms. The van der Waals surface area contributed by atoms with Crippen LogP contribution in [0.2, 0.25) is 0 Å². The first-order chi connectivity index (χ1) is 12.1. The number of anilines is 1. The first-order valence-corrected chi connectivity index (χ1v) is 7.78. The quantitative estimate of drug-likeness (QED) is 0.658. The third kappa shape index (κ3) is 3.57. The van der Waals surface area contributed by atoms with Crippen LogP contribution in [-0.4, -0.2) is 47.5 Å². The van der Waals surface area contributed by atoms with Crippen LogP contribution in [-0.2, 0) is 11.3 Å². The zero-order chi connectivity index (χ0) is 19.1. The first kappa shape index (κ1) is 18.0. The van der Waals surface area contributed by atoms with Gasteiger partial charge >= 0.3 is 12.2 Å². The summed E-state index contributed by atoms with van der Waals surface area (Å²) < 4.78 is 51.4. The van der Waals surface area contributed by atoms with Crippen molar-refractivity contribution in [3.63, 3.8) is 0 Å². The van der Waals surface area contributed by atoms with Crippen molar-refractivity contribution in [2.45, 2.75) is 25.2 Å². The molecule has 3 rings (SSSR count). The van der Waals surface area contributed by atoms with Gasteiger partial charge in [-0.25, -0.2) is 9.18 Å². The molecule has 1 N–H and O–H groups in total. The molecule has 3 amide bonds. The fourth-order valence-corrected chi connectivity index (χ4v) is 2.84. The van der Waals surface area contributed by atoms with Crippen LogP contribution in [0.4, 0.5) is 28.0 Å². The summed E-state index contributed by atoms with van der Waals surface area (Å²) in [5, 5.41) is 2.55. The molecule has 0 radical (unpaired) electrons. The van der Waals surface area contributed by atoms with E-state index in [0.29, 0.717) is 11.3 Å². The van der Waals surface area contributed by atoms with Crippen LogP contribution in [0.15, 0.2) is 35.6 Å². The lowest BCUT2D eigenvalue weighted by atomic mass is 10.1. The number of carbonyl (C=O) groups excluding carboxylic acids is 2. The second kappa shape index (κ2) is 6.49. The van der Waals surface area contributed by atoms with E-state index in [1.54, 1.807) is 0 Å². The number of hydrogen-bond donors (Lipinski definition) is 1. The van der Waals surface area contributed by atoms with Gasteiger partial charge in [-0.1, -0.05) is 0 Å². The van der Waals surface area contributed by atoms with Crippen molar-refractivity contribution >= 4 is 17.6 Å². The van der Waals surface area contributed by atoms with Crippen LogP contribution in [0.5, 0.6) is 0 Å². The monoisotopic (exact) mass is 369 g/mol. The Morgan fingerprint density at radius 3 is 2.81 bits per heavy atom. The number of hydrogen-bond acceptors (Lipinski definition) is 2. The number of carbonyl (C=O) groups is 2. The number of amides is 3. The van der Waals surface area contributed by atoms with Gasteiger partial charge in [-0.3, -0.25) is 4.79 Å². The van der Waals surface area contributed by atoms with Crippen molar-refractivity contribution in [2.24, 2.45) is 0 Å². The Morgan fingerprint density at radius 2 is 2.15 bits per heavy atom. The molecule has 0 aromatic heterocycles. The predicted molar refractivity (Wildman–Crippen MR) is 84.7 cm³/mol. The number of urea groups is 1. The van der Waals surface area contributed by atoms with E-state index in [4.69, 9.17) is 0 Å². The van der Waals surface area contributed by atoms with Crippen LogP contribution in [0, 0.1) is 5.82 Å².